The predicted molar refractivity (Wildman–Crippen MR) is 71.4 cm³/mol. The van der Waals surface area contributed by atoms with E-state index in [0.717, 1.165) is 0 Å². The molecule has 17 heavy (non-hydrogen) atoms. The number of carbonyl (C=O) groups excluding carboxylic acids is 1. The summed E-state index contributed by atoms with van der Waals surface area (Å²) in [6, 6.07) is 0.333. The Morgan fingerprint density at radius 3 is 2.47 bits per heavy atom. The zero-order valence-electron chi connectivity index (χ0n) is 10.4. The number of rotatable bonds is 7. The highest BCUT2D eigenvalue weighted by Gasteiger charge is 1.95. The number of allylic oxidation sites excluding steroid dienone is 1. The van der Waals surface area contributed by atoms with Gasteiger partial charge in [-0.25, -0.2) is 5.84 Å². The molecule has 102 valence electrons. The molecular formula is C10H23FN4OS. The van der Waals surface area contributed by atoms with Crippen molar-refractivity contribution in [1.82, 2.24) is 5.01 Å². The molecule has 0 aromatic rings. The van der Waals surface area contributed by atoms with Gasteiger partial charge in [-0.1, -0.05) is 13.8 Å². The topological polar surface area (TPSA) is 98.4 Å². The molecule has 6 N–H and O–H groups in total. The lowest BCUT2D eigenvalue weighted by Gasteiger charge is -2.10. The van der Waals surface area contributed by atoms with Crippen LogP contribution in [0.4, 0.5) is 3.89 Å². The molecule has 0 bridgehead atoms. The van der Waals surface area contributed by atoms with Crippen LogP contribution in [-0.4, -0.2) is 29.6 Å². The second-order valence-corrected chi connectivity index (χ2v) is 4.35. The van der Waals surface area contributed by atoms with Gasteiger partial charge in [0, 0.05) is 29.8 Å². The van der Waals surface area contributed by atoms with E-state index in [0.29, 0.717) is 36.6 Å². The summed E-state index contributed by atoms with van der Waals surface area (Å²) in [6.07, 6.45) is 3.42. The predicted octanol–water partition coefficient (Wildman–Crippen LogP) is 0.913. The van der Waals surface area contributed by atoms with Crippen LogP contribution in [0.15, 0.2) is 11.9 Å². The van der Waals surface area contributed by atoms with Gasteiger partial charge in [-0.3, -0.25) is 0 Å². The lowest BCUT2D eigenvalue weighted by molar-refractivity contribution is -0.108. The van der Waals surface area contributed by atoms with Crippen LogP contribution in [0.3, 0.4) is 0 Å². The van der Waals surface area contributed by atoms with E-state index in [1.54, 1.807) is 0 Å². The monoisotopic (exact) mass is 266 g/mol. The maximum absolute atomic E-state index is 11.6. The maximum Gasteiger partial charge on any atom is 0.140 e. The minimum absolute atomic E-state index is 0.110. The van der Waals surface area contributed by atoms with E-state index in [9.17, 15) is 8.68 Å². The van der Waals surface area contributed by atoms with Gasteiger partial charge < -0.3 is 21.3 Å². The Bertz CT molecular complexity index is 212. The molecule has 0 aliphatic rings. The van der Waals surface area contributed by atoms with Crippen LogP contribution in [0, 0.1) is 0 Å². The molecule has 0 aromatic heterocycles. The van der Waals surface area contributed by atoms with Crippen molar-refractivity contribution in [3.05, 3.63) is 11.9 Å². The number of hydrogen-bond acceptors (Lipinski definition) is 6. The van der Waals surface area contributed by atoms with E-state index in [1.165, 1.54) is 11.2 Å². The Morgan fingerprint density at radius 1 is 1.53 bits per heavy atom. The molecule has 0 atom stereocenters. The third-order valence-corrected chi connectivity index (χ3v) is 1.75. The van der Waals surface area contributed by atoms with Crippen molar-refractivity contribution in [3.63, 3.8) is 0 Å². The zero-order valence-corrected chi connectivity index (χ0v) is 11.3. The van der Waals surface area contributed by atoms with Crippen LogP contribution >= 0.6 is 12.1 Å². The van der Waals surface area contributed by atoms with Gasteiger partial charge in [0.15, 0.2) is 0 Å². The fourth-order valence-electron chi connectivity index (χ4n) is 0.747. The molecule has 0 rings (SSSR count). The molecule has 0 saturated heterocycles. The fourth-order valence-corrected chi connectivity index (χ4v) is 1.00. The highest BCUT2D eigenvalue weighted by Crippen LogP contribution is 2.07. The van der Waals surface area contributed by atoms with Gasteiger partial charge in [0.25, 0.3) is 0 Å². The Morgan fingerprint density at radius 2 is 2.06 bits per heavy atom. The zero-order chi connectivity index (χ0) is 13.7. The number of nitrogens with zero attached hydrogens (tertiary/aromatic N) is 1. The normalized spacial score (nSPS) is 10.8. The number of halogens is 1. The average Bonchev–Trinajstić information content (AvgIpc) is 2.17. The van der Waals surface area contributed by atoms with E-state index in [2.05, 4.69) is 0 Å². The highest BCUT2D eigenvalue weighted by atomic mass is 32.2. The molecule has 0 amide bonds. The minimum Gasteiger partial charge on any atom is -0.401 e. The van der Waals surface area contributed by atoms with Crippen LogP contribution in [-0.2, 0) is 4.79 Å². The average molecular weight is 266 g/mol. The molecule has 0 heterocycles. The van der Waals surface area contributed by atoms with Crippen LogP contribution < -0.4 is 17.3 Å². The quantitative estimate of drug-likeness (QED) is 0.274. The molecule has 0 fully saturated rings. The fraction of sp³-hybridized carbons (Fsp3) is 0.700. The Kier molecular flexibility index (Phi) is 14.5. The Hall–Kier alpha value is -0.790. The van der Waals surface area contributed by atoms with Crippen molar-refractivity contribution in [2.45, 2.75) is 32.7 Å². The summed E-state index contributed by atoms with van der Waals surface area (Å²) in [6.45, 7) is 4.00. The third kappa shape index (κ3) is 21.1. The summed E-state index contributed by atoms with van der Waals surface area (Å²) in [5.41, 5.74) is 11.2. The number of hydrazine groups is 1. The van der Waals surface area contributed by atoms with Gasteiger partial charge in [0.1, 0.15) is 6.29 Å². The van der Waals surface area contributed by atoms with E-state index in [-0.39, 0.29) is 18.7 Å². The second kappa shape index (κ2) is 13.3. The number of aldehydes is 1. The van der Waals surface area contributed by atoms with Gasteiger partial charge in [-0.05, 0) is 18.9 Å². The standard InChI is InChI=1S/C7H14FN3OS.C3H9N/c8-13-5-1-2-7(9)6-11(10)3-4-12;1-3(2)4/h4,6H,1-3,5,9-10H2;3H,4H2,1-2H3/b7-6-;. The maximum atomic E-state index is 11.6. The number of carbonyl (C=O) groups is 1. The van der Waals surface area contributed by atoms with Gasteiger partial charge >= 0.3 is 0 Å². The van der Waals surface area contributed by atoms with Crippen molar-refractivity contribution in [1.29, 1.82) is 0 Å². The van der Waals surface area contributed by atoms with E-state index >= 15 is 0 Å². The highest BCUT2D eigenvalue weighted by molar-refractivity contribution is 7.94. The molecule has 0 unspecified atom stereocenters. The molecule has 7 heteroatoms. The van der Waals surface area contributed by atoms with Gasteiger partial charge in [0.2, 0.25) is 0 Å². The molecule has 0 aromatic carbocycles. The van der Waals surface area contributed by atoms with Gasteiger partial charge in [-0.15, -0.1) is 0 Å². The SMILES string of the molecule is CC(C)N.N/C(=C\N(N)CC=O)CCCSF. The molecule has 5 nitrogen and oxygen atoms in total. The van der Waals surface area contributed by atoms with Gasteiger partial charge in [0.05, 0.1) is 6.54 Å². The molecular weight excluding hydrogens is 243 g/mol. The largest absolute Gasteiger partial charge is 0.401 e. The summed E-state index contributed by atoms with van der Waals surface area (Å²) in [7, 11) is 0. The lowest BCUT2D eigenvalue weighted by atomic mass is 10.3. The van der Waals surface area contributed by atoms with Crippen molar-refractivity contribution in [3.8, 4) is 0 Å². The van der Waals surface area contributed by atoms with Crippen LogP contribution in [0.2, 0.25) is 0 Å². The Labute approximate surface area is 107 Å². The first-order valence-corrected chi connectivity index (χ1v) is 6.22. The summed E-state index contributed by atoms with van der Waals surface area (Å²) in [4.78, 5) is 10.0. The summed E-state index contributed by atoms with van der Waals surface area (Å²) < 4.78 is 11.6. The number of hydrogen-bond donors (Lipinski definition) is 3. The Balaban J connectivity index is 0. The summed E-state index contributed by atoms with van der Waals surface area (Å²) in [5.74, 6) is 5.78. The third-order valence-electron chi connectivity index (χ3n) is 1.30. The summed E-state index contributed by atoms with van der Waals surface area (Å²) in [5, 5.41) is 1.20. The molecule has 0 aliphatic heterocycles. The molecule has 0 saturated carbocycles. The first-order valence-electron chi connectivity index (χ1n) is 5.34. The van der Waals surface area contributed by atoms with Crippen molar-refractivity contribution in [2.24, 2.45) is 17.3 Å². The molecule has 0 radical (unpaired) electrons. The van der Waals surface area contributed by atoms with E-state index < -0.39 is 0 Å². The smallest absolute Gasteiger partial charge is 0.140 e. The van der Waals surface area contributed by atoms with Crippen molar-refractivity contribution >= 4 is 18.4 Å². The number of nitrogens with two attached hydrogens (primary N) is 3. The van der Waals surface area contributed by atoms with Crippen LogP contribution in [0.1, 0.15) is 26.7 Å². The van der Waals surface area contributed by atoms with Crippen LogP contribution in [0.25, 0.3) is 0 Å². The molecule has 0 spiro atoms. The van der Waals surface area contributed by atoms with E-state index in [1.807, 2.05) is 13.8 Å². The van der Waals surface area contributed by atoms with Crippen LogP contribution in [0.5, 0.6) is 0 Å². The van der Waals surface area contributed by atoms with Crippen molar-refractivity contribution < 1.29 is 8.68 Å². The minimum atomic E-state index is 0.110. The molecule has 0 aliphatic carbocycles. The second-order valence-electron chi connectivity index (χ2n) is 3.73. The first kappa shape index (κ1) is 18.6. The lowest BCUT2D eigenvalue weighted by Crippen LogP contribution is -2.28. The van der Waals surface area contributed by atoms with Crippen molar-refractivity contribution in [2.75, 3.05) is 12.3 Å². The summed E-state index contributed by atoms with van der Waals surface area (Å²) >= 11 is 0.289. The first-order chi connectivity index (χ1) is 7.93. The van der Waals surface area contributed by atoms with E-state index in [4.69, 9.17) is 17.3 Å². The van der Waals surface area contributed by atoms with Gasteiger partial charge in [-0.2, -0.15) is 3.89 Å².